The molecule has 0 fully saturated rings. The Kier molecular flexibility index (Phi) is 9.79. The first-order valence-electron chi connectivity index (χ1n) is 8.96. The smallest absolute Gasteiger partial charge is 0.234 e. The molecule has 2 aromatic rings. The van der Waals surface area contributed by atoms with Crippen LogP contribution in [0.2, 0.25) is 10.0 Å². The van der Waals surface area contributed by atoms with Crippen molar-refractivity contribution < 1.29 is 9.59 Å². The highest BCUT2D eigenvalue weighted by atomic mass is 35.5. The van der Waals surface area contributed by atoms with Gasteiger partial charge in [0.2, 0.25) is 11.8 Å². The predicted molar refractivity (Wildman–Crippen MR) is 112 cm³/mol. The number of carbonyl (C=O) groups is 2. The van der Waals surface area contributed by atoms with E-state index in [2.05, 4.69) is 21.3 Å². The Balaban J connectivity index is 1.49. The summed E-state index contributed by atoms with van der Waals surface area (Å²) in [6.45, 7) is 2.25. The third kappa shape index (κ3) is 9.19. The monoisotopic (exact) mass is 422 g/mol. The lowest BCUT2D eigenvalue weighted by Gasteiger charge is -2.09. The van der Waals surface area contributed by atoms with E-state index in [1.807, 2.05) is 36.4 Å². The van der Waals surface area contributed by atoms with Crippen LogP contribution in [-0.2, 0) is 22.7 Å². The number of benzene rings is 2. The maximum Gasteiger partial charge on any atom is 0.234 e. The summed E-state index contributed by atoms with van der Waals surface area (Å²) in [5, 5.41) is 12.9. The van der Waals surface area contributed by atoms with Crippen LogP contribution in [0.1, 0.15) is 11.1 Å². The first-order chi connectivity index (χ1) is 13.5. The third-order valence-corrected chi connectivity index (χ3v) is 4.25. The van der Waals surface area contributed by atoms with Crippen molar-refractivity contribution in [3.8, 4) is 0 Å². The van der Waals surface area contributed by atoms with Gasteiger partial charge in [0.15, 0.2) is 0 Å². The van der Waals surface area contributed by atoms with Crippen LogP contribution in [0.5, 0.6) is 0 Å². The summed E-state index contributed by atoms with van der Waals surface area (Å²) >= 11 is 11.8. The second kappa shape index (κ2) is 12.4. The molecule has 8 heteroatoms. The molecule has 150 valence electrons. The second-order valence-corrected chi connectivity index (χ2v) is 7.04. The minimum absolute atomic E-state index is 0.129. The average Bonchev–Trinajstić information content (AvgIpc) is 2.65. The number of nitrogens with one attached hydrogen (secondary N) is 4. The Hall–Kier alpha value is -2.12. The Bertz CT molecular complexity index is 721. The molecule has 0 heterocycles. The standard InChI is InChI=1S/C20H24Cl2N4O2/c21-17-5-1-3-15(9-17)11-23-13-19(27)25-7-8-26-20(28)14-24-12-16-4-2-6-18(22)10-16/h1-6,9-10,23-24H,7-8,11-14H2,(H,25,27)(H,26,28). The summed E-state index contributed by atoms with van der Waals surface area (Å²) in [6.07, 6.45) is 0. The van der Waals surface area contributed by atoms with Crippen molar-refractivity contribution >= 4 is 35.0 Å². The highest BCUT2D eigenvalue weighted by Crippen LogP contribution is 2.10. The summed E-state index contributed by atoms with van der Waals surface area (Å²) < 4.78 is 0. The number of hydrogen-bond donors (Lipinski definition) is 4. The van der Waals surface area contributed by atoms with E-state index in [1.165, 1.54) is 0 Å². The van der Waals surface area contributed by atoms with E-state index in [0.29, 0.717) is 36.2 Å². The van der Waals surface area contributed by atoms with E-state index in [1.54, 1.807) is 12.1 Å². The second-order valence-electron chi connectivity index (χ2n) is 6.17. The molecule has 0 aliphatic rings. The first-order valence-corrected chi connectivity index (χ1v) is 9.72. The van der Waals surface area contributed by atoms with Crippen molar-refractivity contribution in [1.29, 1.82) is 0 Å². The lowest BCUT2D eigenvalue weighted by molar-refractivity contribution is -0.122. The van der Waals surface area contributed by atoms with E-state index in [-0.39, 0.29) is 24.9 Å². The predicted octanol–water partition coefficient (Wildman–Crippen LogP) is 2.11. The van der Waals surface area contributed by atoms with Crippen molar-refractivity contribution in [3.05, 3.63) is 69.7 Å². The minimum Gasteiger partial charge on any atom is -0.353 e. The average molecular weight is 423 g/mol. The number of amides is 2. The molecular weight excluding hydrogens is 399 g/mol. The fraction of sp³-hybridized carbons (Fsp3) is 0.300. The van der Waals surface area contributed by atoms with Gasteiger partial charge in [-0.1, -0.05) is 47.5 Å². The topological polar surface area (TPSA) is 82.3 Å². The zero-order valence-corrected chi connectivity index (χ0v) is 16.9. The van der Waals surface area contributed by atoms with Crippen LogP contribution >= 0.6 is 23.2 Å². The van der Waals surface area contributed by atoms with Crippen LogP contribution in [-0.4, -0.2) is 38.0 Å². The molecule has 6 nitrogen and oxygen atoms in total. The zero-order chi connectivity index (χ0) is 20.2. The molecule has 0 saturated heterocycles. The van der Waals surface area contributed by atoms with Crippen LogP contribution in [0.15, 0.2) is 48.5 Å². The summed E-state index contributed by atoms with van der Waals surface area (Å²) in [4.78, 5) is 23.5. The fourth-order valence-corrected chi connectivity index (χ4v) is 2.89. The fourth-order valence-electron chi connectivity index (χ4n) is 2.46. The first kappa shape index (κ1) is 22.2. The van der Waals surface area contributed by atoms with Gasteiger partial charge in [0, 0.05) is 36.2 Å². The van der Waals surface area contributed by atoms with Gasteiger partial charge in [0.1, 0.15) is 0 Å². The molecule has 0 radical (unpaired) electrons. The van der Waals surface area contributed by atoms with Gasteiger partial charge in [-0.15, -0.1) is 0 Å². The normalized spacial score (nSPS) is 10.5. The summed E-state index contributed by atoms with van der Waals surface area (Å²) in [6, 6.07) is 14.9. The molecule has 0 unspecified atom stereocenters. The van der Waals surface area contributed by atoms with Crippen molar-refractivity contribution in [2.24, 2.45) is 0 Å². The van der Waals surface area contributed by atoms with Gasteiger partial charge in [0.05, 0.1) is 13.1 Å². The summed E-state index contributed by atoms with van der Waals surface area (Å²) in [5.74, 6) is -0.259. The Morgan fingerprint density at radius 1 is 0.714 bits per heavy atom. The molecule has 0 bridgehead atoms. The molecule has 28 heavy (non-hydrogen) atoms. The van der Waals surface area contributed by atoms with Gasteiger partial charge in [-0.2, -0.15) is 0 Å². The van der Waals surface area contributed by atoms with Gasteiger partial charge < -0.3 is 21.3 Å². The highest BCUT2D eigenvalue weighted by Gasteiger charge is 2.03. The van der Waals surface area contributed by atoms with Crippen molar-refractivity contribution in [2.45, 2.75) is 13.1 Å². The molecule has 0 atom stereocenters. The van der Waals surface area contributed by atoms with E-state index in [9.17, 15) is 9.59 Å². The number of rotatable bonds is 11. The van der Waals surface area contributed by atoms with E-state index in [0.717, 1.165) is 11.1 Å². The largest absolute Gasteiger partial charge is 0.353 e. The number of halogens is 2. The van der Waals surface area contributed by atoms with Crippen molar-refractivity contribution in [1.82, 2.24) is 21.3 Å². The quantitative estimate of drug-likeness (QED) is 0.418. The SMILES string of the molecule is O=C(CNCc1cccc(Cl)c1)NCCNC(=O)CNCc1cccc(Cl)c1. The van der Waals surface area contributed by atoms with Gasteiger partial charge >= 0.3 is 0 Å². The van der Waals surface area contributed by atoms with Crippen molar-refractivity contribution in [3.63, 3.8) is 0 Å². The van der Waals surface area contributed by atoms with Crippen molar-refractivity contribution in [2.75, 3.05) is 26.2 Å². The molecule has 0 aliphatic heterocycles. The number of carbonyl (C=O) groups excluding carboxylic acids is 2. The molecule has 2 rings (SSSR count). The summed E-state index contributed by atoms with van der Waals surface area (Å²) in [7, 11) is 0. The van der Waals surface area contributed by atoms with Crippen LogP contribution in [0.4, 0.5) is 0 Å². The van der Waals surface area contributed by atoms with Crippen LogP contribution in [0, 0.1) is 0 Å². The minimum atomic E-state index is -0.129. The Labute approximate surface area is 175 Å². The van der Waals surface area contributed by atoms with Gasteiger partial charge in [-0.05, 0) is 35.4 Å². The maximum absolute atomic E-state index is 11.8. The molecule has 0 saturated carbocycles. The Morgan fingerprint density at radius 2 is 1.14 bits per heavy atom. The van der Waals surface area contributed by atoms with E-state index in [4.69, 9.17) is 23.2 Å². The van der Waals surface area contributed by atoms with Crippen LogP contribution in [0.3, 0.4) is 0 Å². The van der Waals surface area contributed by atoms with Gasteiger partial charge in [-0.25, -0.2) is 0 Å². The zero-order valence-electron chi connectivity index (χ0n) is 15.4. The van der Waals surface area contributed by atoms with E-state index < -0.39 is 0 Å². The number of hydrogen-bond acceptors (Lipinski definition) is 4. The molecule has 0 aliphatic carbocycles. The van der Waals surface area contributed by atoms with Gasteiger partial charge in [0.25, 0.3) is 0 Å². The van der Waals surface area contributed by atoms with Gasteiger partial charge in [-0.3, -0.25) is 9.59 Å². The Morgan fingerprint density at radius 3 is 1.54 bits per heavy atom. The van der Waals surface area contributed by atoms with Crippen LogP contribution < -0.4 is 21.3 Å². The lowest BCUT2D eigenvalue weighted by atomic mass is 10.2. The lowest BCUT2D eigenvalue weighted by Crippen LogP contribution is -2.40. The molecule has 0 spiro atoms. The third-order valence-electron chi connectivity index (χ3n) is 3.78. The highest BCUT2D eigenvalue weighted by molar-refractivity contribution is 6.30. The molecule has 4 N–H and O–H groups in total. The molecule has 0 aromatic heterocycles. The maximum atomic E-state index is 11.8. The van der Waals surface area contributed by atoms with Crippen LogP contribution in [0.25, 0.3) is 0 Å². The molecule has 2 amide bonds. The molecular formula is C20H24Cl2N4O2. The van der Waals surface area contributed by atoms with E-state index >= 15 is 0 Å². The molecule has 2 aromatic carbocycles. The summed E-state index contributed by atoms with van der Waals surface area (Å²) in [5.41, 5.74) is 2.02.